The van der Waals surface area contributed by atoms with E-state index in [1.165, 1.54) is 30.6 Å². The van der Waals surface area contributed by atoms with Gasteiger partial charge >= 0.3 is 0 Å². The first-order valence-corrected chi connectivity index (χ1v) is 8.51. The lowest BCUT2D eigenvalue weighted by Gasteiger charge is -2.31. The highest BCUT2D eigenvalue weighted by atomic mass is 32.1. The predicted molar refractivity (Wildman–Crippen MR) is 85.4 cm³/mol. The Labute approximate surface area is 128 Å². The fourth-order valence-corrected chi connectivity index (χ4v) is 4.92. The number of pyridine rings is 1. The first-order valence-electron chi connectivity index (χ1n) is 7.69. The standard InChI is InChI=1S/C16H19N3OS/c17-13-11-5-3-8-18-15(11)21-14(13)16(20)19-9-7-10-4-1-2-6-12(10)19/h3,5,8,10,12H,1-2,4,6-7,9,17H2. The molecule has 0 aromatic carbocycles. The molecule has 1 saturated carbocycles. The lowest BCUT2D eigenvalue weighted by atomic mass is 9.85. The molecule has 2 atom stereocenters. The zero-order chi connectivity index (χ0) is 14.4. The van der Waals surface area contributed by atoms with E-state index in [-0.39, 0.29) is 5.91 Å². The monoisotopic (exact) mass is 301 g/mol. The van der Waals surface area contributed by atoms with Crippen LogP contribution >= 0.6 is 11.3 Å². The third-order valence-corrected chi connectivity index (χ3v) is 6.09. The highest BCUT2D eigenvalue weighted by Crippen LogP contribution is 2.39. The number of rotatable bonds is 1. The molecule has 1 saturated heterocycles. The Morgan fingerprint density at radius 2 is 2.19 bits per heavy atom. The van der Waals surface area contributed by atoms with Gasteiger partial charge in [-0.25, -0.2) is 4.98 Å². The number of carbonyl (C=O) groups is 1. The van der Waals surface area contributed by atoms with Crippen LogP contribution in [0.3, 0.4) is 0 Å². The van der Waals surface area contributed by atoms with Crippen molar-refractivity contribution in [3.63, 3.8) is 0 Å². The highest BCUT2D eigenvalue weighted by Gasteiger charge is 2.39. The topological polar surface area (TPSA) is 59.2 Å². The summed E-state index contributed by atoms with van der Waals surface area (Å²) in [6.45, 7) is 0.884. The number of nitrogen functional groups attached to an aromatic ring is 1. The van der Waals surface area contributed by atoms with E-state index in [4.69, 9.17) is 5.73 Å². The van der Waals surface area contributed by atoms with E-state index in [0.717, 1.165) is 29.6 Å². The Morgan fingerprint density at radius 3 is 3.05 bits per heavy atom. The average Bonchev–Trinajstić information content (AvgIpc) is 3.09. The van der Waals surface area contributed by atoms with Crippen LogP contribution in [-0.4, -0.2) is 28.4 Å². The maximum absolute atomic E-state index is 12.9. The van der Waals surface area contributed by atoms with Crippen LogP contribution in [-0.2, 0) is 0 Å². The van der Waals surface area contributed by atoms with Crippen molar-refractivity contribution in [3.8, 4) is 0 Å². The Bertz CT molecular complexity index is 696. The van der Waals surface area contributed by atoms with Crippen LogP contribution in [0.15, 0.2) is 18.3 Å². The van der Waals surface area contributed by atoms with Gasteiger partial charge in [-0.2, -0.15) is 0 Å². The van der Waals surface area contributed by atoms with Gasteiger partial charge in [-0.05, 0) is 37.3 Å². The van der Waals surface area contributed by atoms with Gasteiger partial charge in [-0.15, -0.1) is 11.3 Å². The molecule has 2 aromatic heterocycles. The molecular weight excluding hydrogens is 282 g/mol. The third-order valence-electron chi connectivity index (χ3n) is 4.97. The summed E-state index contributed by atoms with van der Waals surface area (Å²) in [7, 11) is 0. The summed E-state index contributed by atoms with van der Waals surface area (Å²) < 4.78 is 0. The van der Waals surface area contributed by atoms with E-state index in [1.807, 2.05) is 12.1 Å². The molecule has 110 valence electrons. The Hall–Kier alpha value is -1.62. The van der Waals surface area contributed by atoms with Gasteiger partial charge in [0.1, 0.15) is 9.71 Å². The first kappa shape index (κ1) is 13.1. The van der Waals surface area contributed by atoms with Crippen molar-refractivity contribution in [3.05, 3.63) is 23.2 Å². The molecule has 4 nitrogen and oxygen atoms in total. The molecule has 2 aromatic rings. The maximum atomic E-state index is 12.9. The second kappa shape index (κ2) is 4.98. The molecule has 2 aliphatic rings. The van der Waals surface area contributed by atoms with E-state index in [0.29, 0.717) is 22.5 Å². The minimum Gasteiger partial charge on any atom is -0.397 e. The molecule has 5 heteroatoms. The van der Waals surface area contributed by atoms with E-state index in [1.54, 1.807) is 6.20 Å². The van der Waals surface area contributed by atoms with E-state index in [2.05, 4.69) is 9.88 Å². The van der Waals surface area contributed by atoms with Gasteiger partial charge in [0.2, 0.25) is 0 Å². The van der Waals surface area contributed by atoms with E-state index >= 15 is 0 Å². The number of nitrogens with two attached hydrogens (primary N) is 1. The van der Waals surface area contributed by atoms with Crippen molar-refractivity contribution >= 4 is 33.1 Å². The third kappa shape index (κ3) is 2.02. The molecular formula is C16H19N3OS. The predicted octanol–water partition coefficient (Wildman–Crippen LogP) is 3.28. The summed E-state index contributed by atoms with van der Waals surface area (Å²) in [6.07, 6.45) is 7.89. The molecule has 21 heavy (non-hydrogen) atoms. The summed E-state index contributed by atoms with van der Waals surface area (Å²) in [6, 6.07) is 4.24. The van der Waals surface area contributed by atoms with Gasteiger partial charge in [-0.3, -0.25) is 4.79 Å². The molecule has 1 aliphatic heterocycles. The molecule has 1 amide bonds. The van der Waals surface area contributed by atoms with Crippen molar-refractivity contribution in [2.75, 3.05) is 12.3 Å². The Kier molecular flexibility index (Phi) is 3.10. The minimum atomic E-state index is 0.116. The number of nitrogens with zero attached hydrogens (tertiary/aromatic N) is 2. The average molecular weight is 301 g/mol. The summed E-state index contributed by atoms with van der Waals surface area (Å²) in [4.78, 5) is 20.9. The summed E-state index contributed by atoms with van der Waals surface area (Å²) in [5.74, 6) is 0.821. The fraction of sp³-hybridized carbons (Fsp3) is 0.500. The van der Waals surface area contributed by atoms with Gasteiger partial charge < -0.3 is 10.6 Å². The summed E-state index contributed by atoms with van der Waals surface area (Å²) in [5, 5.41) is 0.908. The number of aromatic nitrogens is 1. The molecule has 2 fully saturated rings. The SMILES string of the molecule is Nc1c(C(=O)N2CCC3CCCCC32)sc2ncccc12. The summed E-state index contributed by atoms with van der Waals surface area (Å²) in [5.41, 5.74) is 6.80. The van der Waals surface area contributed by atoms with Crippen LogP contribution in [0, 0.1) is 5.92 Å². The number of anilines is 1. The number of hydrogen-bond acceptors (Lipinski definition) is 4. The van der Waals surface area contributed by atoms with E-state index in [9.17, 15) is 4.79 Å². The second-order valence-corrected chi connectivity index (χ2v) is 7.10. The number of thiophene rings is 1. The van der Waals surface area contributed by atoms with Crippen molar-refractivity contribution in [1.29, 1.82) is 0 Å². The number of amides is 1. The fourth-order valence-electron chi connectivity index (χ4n) is 3.90. The molecule has 0 bridgehead atoms. The molecule has 4 rings (SSSR count). The van der Waals surface area contributed by atoms with Crippen molar-refractivity contribution < 1.29 is 4.79 Å². The molecule has 0 radical (unpaired) electrons. The largest absolute Gasteiger partial charge is 0.397 e. The van der Waals surface area contributed by atoms with Crippen molar-refractivity contribution in [2.45, 2.75) is 38.1 Å². The van der Waals surface area contributed by atoms with Crippen molar-refractivity contribution in [2.24, 2.45) is 5.92 Å². The first-order chi connectivity index (χ1) is 10.3. The van der Waals surface area contributed by atoms with Crippen LogP contribution < -0.4 is 5.73 Å². The maximum Gasteiger partial charge on any atom is 0.266 e. The quantitative estimate of drug-likeness (QED) is 0.879. The van der Waals surface area contributed by atoms with Gasteiger partial charge in [0.15, 0.2) is 0 Å². The van der Waals surface area contributed by atoms with Gasteiger partial charge in [-0.1, -0.05) is 12.8 Å². The van der Waals surface area contributed by atoms with Crippen LogP contribution in [0.25, 0.3) is 10.2 Å². The molecule has 0 spiro atoms. The van der Waals surface area contributed by atoms with Crippen LogP contribution in [0.5, 0.6) is 0 Å². The van der Waals surface area contributed by atoms with Gasteiger partial charge in [0.25, 0.3) is 5.91 Å². The highest BCUT2D eigenvalue weighted by molar-refractivity contribution is 7.21. The number of hydrogen-bond donors (Lipinski definition) is 1. The smallest absolute Gasteiger partial charge is 0.266 e. The molecule has 2 N–H and O–H groups in total. The lowest BCUT2D eigenvalue weighted by molar-refractivity contribution is 0.0696. The molecule has 3 heterocycles. The van der Waals surface area contributed by atoms with Crippen LogP contribution in [0.1, 0.15) is 41.8 Å². The number of carbonyl (C=O) groups excluding carboxylic acids is 1. The number of fused-ring (bicyclic) bond motifs is 2. The normalized spacial score (nSPS) is 25.2. The van der Waals surface area contributed by atoms with Crippen LogP contribution in [0.4, 0.5) is 5.69 Å². The minimum absolute atomic E-state index is 0.116. The summed E-state index contributed by atoms with van der Waals surface area (Å²) >= 11 is 1.43. The zero-order valence-corrected chi connectivity index (χ0v) is 12.7. The molecule has 2 unspecified atom stereocenters. The Morgan fingerprint density at radius 1 is 1.33 bits per heavy atom. The van der Waals surface area contributed by atoms with Gasteiger partial charge in [0, 0.05) is 24.2 Å². The van der Waals surface area contributed by atoms with E-state index < -0.39 is 0 Å². The zero-order valence-electron chi connectivity index (χ0n) is 11.9. The lowest BCUT2D eigenvalue weighted by Crippen LogP contribution is -2.39. The van der Waals surface area contributed by atoms with Crippen molar-refractivity contribution in [1.82, 2.24) is 9.88 Å². The van der Waals surface area contributed by atoms with Crippen LogP contribution in [0.2, 0.25) is 0 Å². The molecule has 1 aliphatic carbocycles. The Balaban J connectivity index is 1.68. The second-order valence-electron chi connectivity index (χ2n) is 6.10. The number of likely N-dealkylation sites (tertiary alicyclic amines) is 1. The van der Waals surface area contributed by atoms with Gasteiger partial charge in [0.05, 0.1) is 5.69 Å².